The number of para-hydroxylation sites is 1. The molecular weight excluding hydrogens is 290 g/mol. The first kappa shape index (κ1) is 15.2. The van der Waals surface area contributed by atoms with Gasteiger partial charge in [0, 0.05) is 22.3 Å². The van der Waals surface area contributed by atoms with Crippen LogP contribution in [0.5, 0.6) is 0 Å². The summed E-state index contributed by atoms with van der Waals surface area (Å²) >= 11 is 1.86. The number of carbonyl (C=O) groups is 1. The molecule has 0 aliphatic carbocycles. The lowest BCUT2D eigenvalue weighted by atomic mass is 10.0. The molecule has 1 unspecified atom stereocenters. The van der Waals surface area contributed by atoms with E-state index >= 15 is 0 Å². The first-order valence-electron chi connectivity index (χ1n) is 7.71. The number of fused-ring (bicyclic) bond motifs is 1. The van der Waals surface area contributed by atoms with Crippen LogP contribution in [-0.2, 0) is 0 Å². The Kier molecular flexibility index (Phi) is 4.25. The minimum absolute atomic E-state index is 0.114. The van der Waals surface area contributed by atoms with Gasteiger partial charge in [-0.15, -0.1) is 11.8 Å². The van der Waals surface area contributed by atoms with E-state index in [-0.39, 0.29) is 5.91 Å². The van der Waals surface area contributed by atoms with Crippen molar-refractivity contribution in [2.45, 2.75) is 37.3 Å². The van der Waals surface area contributed by atoms with Gasteiger partial charge in [-0.2, -0.15) is 0 Å². The molecule has 0 radical (unpaired) electrons. The molecule has 2 aromatic rings. The van der Waals surface area contributed by atoms with Crippen LogP contribution in [0.15, 0.2) is 47.4 Å². The molecular formula is C19H21NOS. The molecule has 2 aromatic carbocycles. The highest BCUT2D eigenvalue weighted by Crippen LogP contribution is 2.38. The van der Waals surface area contributed by atoms with Crippen LogP contribution in [0.4, 0.5) is 5.69 Å². The molecule has 0 saturated carbocycles. The lowest BCUT2D eigenvalue weighted by molar-refractivity contribution is 0.0986. The van der Waals surface area contributed by atoms with E-state index in [1.165, 1.54) is 4.90 Å². The van der Waals surface area contributed by atoms with Gasteiger partial charge in [-0.25, -0.2) is 0 Å². The third kappa shape index (κ3) is 2.78. The zero-order valence-corrected chi connectivity index (χ0v) is 14.1. The number of hydrogen-bond acceptors (Lipinski definition) is 2. The molecule has 0 N–H and O–H groups in total. The molecule has 0 aromatic heterocycles. The Morgan fingerprint density at radius 1 is 1.14 bits per heavy atom. The third-order valence-electron chi connectivity index (χ3n) is 4.32. The molecule has 0 spiro atoms. The van der Waals surface area contributed by atoms with E-state index in [9.17, 15) is 4.79 Å². The number of rotatable bonds is 1. The van der Waals surface area contributed by atoms with Crippen LogP contribution in [-0.4, -0.2) is 17.7 Å². The van der Waals surface area contributed by atoms with E-state index in [4.69, 9.17) is 0 Å². The van der Waals surface area contributed by atoms with Crippen molar-refractivity contribution in [3.8, 4) is 0 Å². The Bertz CT molecular complexity index is 710. The van der Waals surface area contributed by atoms with Crippen LogP contribution < -0.4 is 4.90 Å². The normalized spacial score (nSPS) is 17.8. The molecule has 1 aliphatic heterocycles. The van der Waals surface area contributed by atoms with E-state index in [0.717, 1.165) is 35.3 Å². The van der Waals surface area contributed by atoms with E-state index in [1.54, 1.807) is 0 Å². The summed E-state index contributed by atoms with van der Waals surface area (Å²) in [5.41, 5.74) is 4.10. The summed E-state index contributed by atoms with van der Waals surface area (Å²) < 4.78 is 0. The summed E-state index contributed by atoms with van der Waals surface area (Å²) in [6.45, 7) is 7.09. The average Bonchev–Trinajstić information content (AvgIpc) is 2.67. The van der Waals surface area contributed by atoms with Crippen molar-refractivity contribution in [2.24, 2.45) is 0 Å². The van der Waals surface area contributed by atoms with Gasteiger partial charge in [0.25, 0.3) is 5.91 Å². The fraction of sp³-hybridized carbons (Fsp3) is 0.316. The minimum atomic E-state index is 0.114. The SMILES string of the molecule is Cc1cccc(C(=O)N2CCC(C)Sc3ccccc32)c1C. The van der Waals surface area contributed by atoms with Gasteiger partial charge in [0.05, 0.1) is 5.69 Å². The molecule has 114 valence electrons. The van der Waals surface area contributed by atoms with Crippen molar-refractivity contribution in [3.63, 3.8) is 0 Å². The Morgan fingerprint density at radius 3 is 2.73 bits per heavy atom. The zero-order chi connectivity index (χ0) is 15.7. The number of anilines is 1. The van der Waals surface area contributed by atoms with Gasteiger partial charge in [-0.3, -0.25) is 4.79 Å². The number of carbonyl (C=O) groups excluding carboxylic acids is 1. The first-order chi connectivity index (χ1) is 10.6. The Morgan fingerprint density at radius 2 is 1.91 bits per heavy atom. The van der Waals surface area contributed by atoms with Gasteiger partial charge in [0.1, 0.15) is 0 Å². The van der Waals surface area contributed by atoms with Crippen molar-refractivity contribution in [1.29, 1.82) is 0 Å². The van der Waals surface area contributed by atoms with Crippen LogP contribution >= 0.6 is 11.8 Å². The molecule has 2 nitrogen and oxygen atoms in total. The monoisotopic (exact) mass is 311 g/mol. The lowest BCUT2D eigenvalue weighted by Crippen LogP contribution is -2.32. The molecule has 0 bridgehead atoms. The number of thioether (sulfide) groups is 1. The summed E-state index contributed by atoms with van der Waals surface area (Å²) in [6.07, 6.45) is 1.01. The maximum atomic E-state index is 13.1. The van der Waals surface area contributed by atoms with Crippen molar-refractivity contribution >= 4 is 23.4 Å². The quantitative estimate of drug-likeness (QED) is 0.751. The predicted molar refractivity (Wildman–Crippen MR) is 94.0 cm³/mol. The smallest absolute Gasteiger partial charge is 0.258 e. The van der Waals surface area contributed by atoms with Gasteiger partial charge in [0.2, 0.25) is 0 Å². The minimum Gasteiger partial charge on any atom is -0.307 e. The Hall–Kier alpha value is -1.74. The van der Waals surface area contributed by atoms with Crippen LogP contribution in [0.2, 0.25) is 0 Å². The number of aryl methyl sites for hydroxylation is 1. The van der Waals surface area contributed by atoms with Gasteiger partial charge >= 0.3 is 0 Å². The summed E-state index contributed by atoms with van der Waals surface area (Å²) in [5.74, 6) is 0.114. The number of nitrogens with zero attached hydrogens (tertiary/aromatic N) is 1. The fourth-order valence-electron chi connectivity index (χ4n) is 2.83. The number of benzene rings is 2. The maximum absolute atomic E-state index is 13.1. The molecule has 0 saturated heterocycles. The van der Waals surface area contributed by atoms with E-state index in [1.807, 2.05) is 47.9 Å². The standard InChI is InChI=1S/C19H21NOS/c1-13-7-6-8-16(15(13)3)19(21)20-12-11-14(2)22-18-10-5-4-9-17(18)20/h4-10,14H,11-12H2,1-3H3. The number of hydrogen-bond donors (Lipinski definition) is 0. The van der Waals surface area contributed by atoms with Crippen molar-refractivity contribution in [1.82, 2.24) is 0 Å². The summed E-state index contributed by atoms with van der Waals surface area (Å²) in [7, 11) is 0. The summed E-state index contributed by atoms with van der Waals surface area (Å²) in [4.78, 5) is 16.3. The van der Waals surface area contributed by atoms with Crippen LogP contribution in [0, 0.1) is 13.8 Å². The molecule has 1 atom stereocenters. The third-order valence-corrected chi connectivity index (χ3v) is 5.56. The molecule has 1 amide bonds. The molecule has 22 heavy (non-hydrogen) atoms. The second kappa shape index (κ2) is 6.17. The first-order valence-corrected chi connectivity index (χ1v) is 8.59. The second-order valence-electron chi connectivity index (χ2n) is 5.89. The van der Waals surface area contributed by atoms with Crippen molar-refractivity contribution < 1.29 is 4.79 Å². The topological polar surface area (TPSA) is 20.3 Å². The Labute approximate surface area is 136 Å². The average molecular weight is 311 g/mol. The predicted octanol–water partition coefficient (Wildman–Crippen LogP) is 4.83. The highest BCUT2D eigenvalue weighted by Gasteiger charge is 2.25. The van der Waals surface area contributed by atoms with E-state index in [2.05, 4.69) is 32.0 Å². The molecule has 0 fully saturated rings. The van der Waals surface area contributed by atoms with Gasteiger partial charge in [-0.1, -0.05) is 31.2 Å². The van der Waals surface area contributed by atoms with Crippen LogP contribution in [0.1, 0.15) is 34.8 Å². The Balaban J connectivity index is 2.04. The fourth-order valence-corrected chi connectivity index (χ4v) is 3.94. The van der Waals surface area contributed by atoms with Gasteiger partial charge < -0.3 is 4.90 Å². The van der Waals surface area contributed by atoms with E-state index in [0.29, 0.717) is 5.25 Å². The van der Waals surface area contributed by atoms with Crippen LogP contribution in [0.3, 0.4) is 0 Å². The highest BCUT2D eigenvalue weighted by molar-refractivity contribution is 8.00. The molecule has 1 aliphatic rings. The van der Waals surface area contributed by atoms with E-state index < -0.39 is 0 Å². The second-order valence-corrected chi connectivity index (χ2v) is 7.37. The summed E-state index contributed by atoms with van der Waals surface area (Å²) in [6, 6.07) is 14.2. The highest BCUT2D eigenvalue weighted by atomic mass is 32.2. The van der Waals surface area contributed by atoms with Gasteiger partial charge in [-0.05, 0) is 49.6 Å². The number of amides is 1. The van der Waals surface area contributed by atoms with Crippen molar-refractivity contribution in [2.75, 3.05) is 11.4 Å². The largest absolute Gasteiger partial charge is 0.307 e. The van der Waals surface area contributed by atoms with Crippen molar-refractivity contribution in [3.05, 3.63) is 59.2 Å². The molecule has 1 heterocycles. The van der Waals surface area contributed by atoms with Gasteiger partial charge in [0.15, 0.2) is 0 Å². The lowest BCUT2D eigenvalue weighted by Gasteiger charge is -2.23. The molecule has 3 rings (SSSR count). The zero-order valence-electron chi connectivity index (χ0n) is 13.3. The maximum Gasteiger partial charge on any atom is 0.258 e. The van der Waals surface area contributed by atoms with Crippen LogP contribution in [0.25, 0.3) is 0 Å². The molecule has 3 heteroatoms. The summed E-state index contributed by atoms with van der Waals surface area (Å²) in [5, 5.41) is 0.526.